The van der Waals surface area contributed by atoms with Gasteiger partial charge in [0.15, 0.2) is 0 Å². The summed E-state index contributed by atoms with van der Waals surface area (Å²) in [6, 6.07) is 3.50. The Bertz CT molecular complexity index is 634. The van der Waals surface area contributed by atoms with E-state index in [9.17, 15) is 18.0 Å². The molecule has 0 atom stereocenters. The summed E-state index contributed by atoms with van der Waals surface area (Å²) < 4.78 is 39.1. The van der Waals surface area contributed by atoms with E-state index in [1.807, 2.05) is 0 Å². The number of halogens is 3. The molecule has 0 saturated heterocycles. The molecule has 0 spiro atoms. The number of aromatic carboxylic acids is 1. The van der Waals surface area contributed by atoms with E-state index in [-0.39, 0.29) is 23.1 Å². The van der Waals surface area contributed by atoms with Gasteiger partial charge in [-0.15, -0.1) is 0 Å². The summed E-state index contributed by atoms with van der Waals surface area (Å²) in [5.74, 6) is -2.40. The minimum atomic E-state index is -4.67. The van der Waals surface area contributed by atoms with E-state index in [0.29, 0.717) is 0 Å². The molecule has 2 aromatic rings. The molecule has 0 aliphatic heterocycles. The summed E-state index contributed by atoms with van der Waals surface area (Å²) in [6.07, 6.45) is -4.67. The Labute approximate surface area is 104 Å². The number of rotatable bonds is 3. The zero-order chi connectivity index (χ0) is 14.2. The van der Waals surface area contributed by atoms with Crippen LogP contribution < -0.4 is 0 Å². The van der Waals surface area contributed by atoms with Crippen LogP contribution in [0.15, 0.2) is 18.2 Å². The molecule has 2 rings (SSSR count). The van der Waals surface area contributed by atoms with E-state index in [1.54, 1.807) is 0 Å². The van der Waals surface area contributed by atoms with Crippen LogP contribution in [0, 0.1) is 0 Å². The number of carbonyl (C=O) groups is 1. The monoisotopic (exact) mass is 274 g/mol. The minimum absolute atomic E-state index is 0.0290. The van der Waals surface area contributed by atoms with Crippen molar-refractivity contribution in [3.63, 3.8) is 0 Å². The van der Waals surface area contributed by atoms with Crippen LogP contribution in [0.4, 0.5) is 13.2 Å². The molecular formula is C11H9F3N2O3. The molecule has 0 radical (unpaired) electrons. The van der Waals surface area contributed by atoms with Crippen molar-refractivity contribution >= 4 is 17.0 Å². The Morgan fingerprint density at radius 2 is 2.05 bits per heavy atom. The number of aliphatic hydroxyl groups excluding tert-OH is 1. The Kier molecular flexibility index (Phi) is 3.19. The molecule has 0 aliphatic rings. The second-order valence-corrected chi connectivity index (χ2v) is 3.82. The third kappa shape index (κ3) is 2.39. The van der Waals surface area contributed by atoms with E-state index < -0.39 is 24.6 Å². The molecule has 8 heteroatoms. The largest absolute Gasteiger partial charge is 0.478 e. The molecule has 0 fully saturated rings. The number of carboxylic acids is 1. The summed E-state index contributed by atoms with van der Waals surface area (Å²) in [5.41, 5.74) is -0.0765. The van der Waals surface area contributed by atoms with Crippen molar-refractivity contribution in [1.82, 2.24) is 9.55 Å². The fraction of sp³-hybridized carbons (Fsp3) is 0.273. The van der Waals surface area contributed by atoms with E-state index in [4.69, 9.17) is 10.2 Å². The quantitative estimate of drug-likeness (QED) is 0.894. The summed E-state index contributed by atoms with van der Waals surface area (Å²) in [7, 11) is 0. The SMILES string of the molecule is O=C(O)c1ccc2nc(C(F)(F)F)n(CCO)c2c1. The van der Waals surface area contributed by atoms with Gasteiger partial charge in [0.2, 0.25) is 5.82 Å². The van der Waals surface area contributed by atoms with Crippen LogP contribution in [0.5, 0.6) is 0 Å². The summed E-state index contributed by atoms with van der Waals surface area (Å²) in [4.78, 5) is 14.3. The van der Waals surface area contributed by atoms with Gasteiger partial charge in [0.1, 0.15) is 0 Å². The molecule has 5 nitrogen and oxygen atoms in total. The van der Waals surface area contributed by atoms with Gasteiger partial charge in [-0.2, -0.15) is 13.2 Å². The van der Waals surface area contributed by atoms with Gasteiger partial charge in [-0.3, -0.25) is 0 Å². The number of aromatic nitrogens is 2. The predicted octanol–water partition coefficient (Wildman–Crippen LogP) is 1.75. The fourth-order valence-electron chi connectivity index (χ4n) is 1.80. The Hall–Kier alpha value is -2.09. The molecule has 0 bridgehead atoms. The number of fused-ring (bicyclic) bond motifs is 1. The van der Waals surface area contributed by atoms with Gasteiger partial charge in [0, 0.05) is 6.54 Å². The first-order valence-corrected chi connectivity index (χ1v) is 5.26. The number of hydrogen-bond donors (Lipinski definition) is 2. The maximum absolute atomic E-state index is 12.8. The molecule has 0 unspecified atom stereocenters. The van der Waals surface area contributed by atoms with Gasteiger partial charge in [0.05, 0.1) is 23.2 Å². The Balaban J connectivity index is 2.71. The lowest BCUT2D eigenvalue weighted by atomic mass is 10.2. The number of alkyl halides is 3. The van der Waals surface area contributed by atoms with E-state index >= 15 is 0 Å². The van der Waals surface area contributed by atoms with Crippen molar-refractivity contribution < 1.29 is 28.2 Å². The lowest BCUT2D eigenvalue weighted by Crippen LogP contribution is -2.16. The third-order valence-electron chi connectivity index (χ3n) is 2.57. The van der Waals surface area contributed by atoms with Gasteiger partial charge < -0.3 is 14.8 Å². The molecular weight excluding hydrogens is 265 g/mol. The normalized spacial score (nSPS) is 12.0. The zero-order valence-corrected chi connectivity index (χ0v) is 9.48. The lowest BCUT2D eigenvalue weighted by molar-refractivity contribution is -0.147. The topological polar surface area (TPSA) is 75.3 Å². The summed E-state index contributed by atoms with van der Waals surface area (Å²) in [5, 5.41) is 17.7. The number of carboxylic acid groups (broad SMARTS) is 1. The molecule has 1 aromatic heterocycles. The highest BCUT2D eigenvalue weighted by molar-refractivity contribution is 5.92. The second-order valence-electron chi connectivity index (χ2n) is 3.82. The van der Waals surface area contributed by atoms with E-state index in [1.165, 1.54) is 12.1 Å². The standard InChI is InChI=1S/C11H9F3N2O3/c12-11(13,14)10-15-7-2-1-6(9(18)19)5-8(7)16(10)3-4-17/h1-2,5,17H,3-4H2,(H,18,19). The zero-order valence-electron chi connectivity index (χ0n) is 9.48. The van der Waals surface area contributed by atoms with Crippen molar-refractivity contribution in [2.75, 3.05) is 6.61 Å². The second kappa shape index (κ2) is 4.54. The first kappa shape index (κ1) is 13.3. The van der Waals surface area contributed by atoms with Gasteiger partial charge in [-0.1, -0.05) is 0 Å². The number of nitrogens with zero attached hydrogens (tertiary/aromatic N) is 2. The average molecular weight is 274 g/mol. The average Bonchev–Trinajstić information content (AvgIpc) is 2.68. The number of imidazole rings is 1. The molecule has 0 saturated carbocycles. The highest BCUT2D eigenvalue weighted by Gasteiger charge is 2.37. The predicted molar refractivity (Wildman–Crippen MR) is 58.8 cm³/mol. The van der Waals surface area contributed by atoms with Crippen molar-refractivity contribution in [2.24, 2.45) is 0 Å². The smallest absolute Gasteiger partial charge is 0.449 e. The molecule has 19 heavy (non-hydrogen) atoms. The maximum atomic E-state index is 12.8. The summed E-state index contributed by atoms with van der Waals surface area (Å²) >= 11 is 0. The number of hydrogen-bond acceptors (Lipinski definition) is 3. The minimum Gasteiger partial charge on any atom is -0.478 e. The van der Waals surface area contributed by atoms with Crippen molar-refractivity contribution in [3.05, 3.63) is 29.6 Å². The summed E-state index contributed by atoms with van der Waals surface area (Å²) in [6.45, 7) is -0.819. The van der Waals surface area contributed by atoms with Crippen molar-refractivity contribution in [3.8, 4) is 0 Å². The molecule has 102 valence electrons. The van der Waals surface area contributed by atoms with Gasteiger partial charge in [0.25, 0.3) is 0 Å². The van der Waals surface area contributed by atoms with Crippen LogP contribution in [-0.4, -0.2) is 32.3 Å². The van der Waals surface area contributed by atoms with Crippen molar-refractivity contribution in [2.45, 2.75) is 12.7 Å². The van der Waals surface area contributed by atoms with Gasteiger partial charge >= 0.3 is 12.1 Å². The van der Waals surface area contributed by atoms with Crippen LogP contribution in [0.2, 0.25) is 0 Å². The fourth-order valence-corrected chi connectivity index (χ4v) is 1.80. The van der Waals surface area contributed by atoms with Crippen LogP contribution >= 0.6 is 0 Å². The van der Waals surface area contributed by atoms with Crippen LogP contribution in [0.1, 0.15) is 16.2 Å². The first-order chi connectivity index (χ1) is 8.84. The first-order valence-electron chi connectivity index (χ1n) is 5.26. The molecule has 0 aliphatic carbocycles. The highest BCUT2D eigenvalue weighted by atomic mass is 19.4. The van der Waals surface area contributed by atoms with Gasteiger partial charge in [-0.05, 0) is 18.2 Å². The molecule has 0 amide bonds. The molecule has 1 aromatic carbocycles. The Morgan fingerprint density at radius 1 is 1.37 bits per heavy atom. The van der Waals surface area contributed by atoms with Crippen LogP contribution in [-0.2, 0) is 12.7 Å². The Morgan fingerprint density at radius 3 is 2.58 bits per heavy atom. The number of benzene rings is 1. The van der Waals surface area contributed by atoms with Gasteiger partial charge in [-0.25, -0.2) is 9.78 Å². The van der Waals surface area contributed by atoms with Crippen LogP contribution in [0.25, 0.3) is 11.0 Å². The van der Waals surface area contributed by atoms with E-state index in [2.05, 4.69) is 4.98 Å². The van der Waals surface area contributed by atoms with Crippen molar-refractivity contribution in [1.29, 1.82) is 0 Å². The lowest BCUT2D eigenvalue weighted by Gasteiger charge is -2.09. The number of aliphatic hydroxyl groups is 1. The molecule has 1 heterocycles. The molecule has 2 N–H and O–H groups in total. The third-order valence-corrected chi connectivity index (χ3v) is 2.57. The van der Waals surface area contributed by atoms with E-state index in [0.717, 1.165) is 10.6 Å². The highest BCUT2D eigenvalue weighted by Crippen LogP contribution is 2.31. The maximum Gasteiger partial charge on any atom is 0.449 e. The van der Waals surface area contributed by atoms with Crippen LogP contribution in [0.3, 0.4) is 0 Å².